The van der Waals surface area contributed by atoms with E-state index in [0.717, 1.165) is 36.2 Å². The predicted octanol–water partition coefficient (Wildman–Crippen LogP) is 1.25. The Morgan fingerprint density at radius 1 is 1.40 bits per heavy atom. The quantitative estimate of drug-likeness (QED) is 0.869. The van der Waals surface area contributed by atoms with Gasteiger partial charge in [0.15, 0.2) is 0 Å². The molecule has 1 aromatic rings. The first-order valence-electron chi connectivity index (χ1n) is 6.95. The Hall–Kier alpha value is -2.04. The SMILES string of the molecule is CNC(=O)CCN(C)C(=O)c1cccc2c1CCCN2. The fourth-order valence-corrected chi connectivity index (χ4v) is 2.41. The van der Waals surface area contributed by atoms with Gasteiger partial charge in [0, 0.05) is 44.9 Å². The fourth-order valence-electron chi connectivity index (χ4n) is 2.41. The average Bonchev–Trinajstić information content (AvgIpc) is 2.50. The van der Waals surface area contributed by atoms with Gasteiger partial charge in [-0.25, -0.2) is 0 Å². The van der Waals surface area contributed by atoms with Crippen LogP contribution in [0.25, 0.3) is 0 Å². The summed E-state index contributed by atoms with van der Waals surface area (Å²) in [7, 11) is 3.34. The van der Waals surface area contributed by atoms with Gasteiger partial charge < -0.3 is 15.5 Å². The molecule has 0 bridgehead atoms. The van der Waals surface area contributed by atoms with Crippen molar-refractivity contribution in [2.45, 2.75) is 19.3 Å². The molecule has 5 nitrogen and oxygen atoms in total. The highest BCUT2D eigenvalue weighted by Gasteiger charge is 2.20. The van der Waals surface area contributed by atoms with Crippen molar-refractivity contribution in [3.63, 3.8) is 0 Å². The molecule has 0 unspecified atom stereocenters. The van der Waals surface area contributed by atoms with Crippen molar-refractivity contribution < 1.29 is 9.59 Å². The molecule has 0 aromatic heterocycles. The van der Waals surface area contributed by atoms with Gasteiger partial charge in [0.25, 0.3) is 5.91 Å². The molecule has 2 rings (SSSR count). The zero-order valence-corrected chi connectivity index (χ0v) is 12.0. The van der Waals surface area contributed by atoms with E-state index in [0.29, 0.717) is 13.0 Å². The number of carbonyl (C=O) groups is 2. The van der Waals surface area contributed by atoms with E-state index in [-0.39, 0.29) is 11.8 Å². The average molecular weight is 275 g/mol. The molecule has 1 aliphatic heterocycles. The molecule has 0 radical (unpaired) electrons. The van der Waals surface area contributed by atoms with Gasteiger partial charge in [0.05, 0.1) is 0 Å². The zero-order chi connectivity index (χ0) is 14.5. The number of carbonyl (C=O) groups excluding carboxylic acids is 2. The van der Waals surface area contributed by atoms with Crippen LogP contribution in [-0.4, -0.2) is 43.9 Å². The maximum atomic E-state index is 12.5. The lowest BCUT2D eigenvalue weighted by atomic mass is 9.97. The van der Waals surface area contributed by atoms with Gasteiger partial charge >= 0.3 is 0 Å². The first kappa shape index (κ1) is 14.4. The van der Waals surface area contributed by atoms with Crippen LogP contribution in [0.5, 0.6) is 0 Å². The van der Waals surface area contributed by atoms with Crippen molar-refractivity contribution in [1.29, 1.82) is 0 Å². The first-order chi connectivity index (χ1) is 9.63. The Labute approximate surface area is 119 Å². The number of rotatable bonds is 4. The van der Waals surface area contributed by atoms with Crippen molar-refractivity contribution in [2.24, 2.45) is 0 Å². The molecule has 1 aromatic carbocycles. The van der Waals surface area contributed by atoms with Crippen LogP contribution in [0.1, 0.15) is 28.8 Å². The number of anilines is 1. The Kier molecular flexibility index (Phi) is 4.61. The van der Waals surface area contributed by atoms with E-state index in [1.165, 1.54) is 0 Å². The Bertz CT molecular complexity index is 514. The van der Waals surface area contributed by atoms with E-state index < -0.39 is 0 Å². The second kappa shape index (κ2) is 6.41. The maximum Gasteiger partial charge on any atom is 0.253 e. The van der Waals surface area contributed by atoms with E-state index in [1.54, 1.807) is 19.0 Å². The molecule has 5 heteroatoms. The molecule has 0 aliphatic carbocycles. The highest BCUT2D eigenvalue weighted by molar-refractivity contribution is 5.97. The van der Waals surface area contributed by atoms with Gasteiger partial charge in [-0.15, -0.1) is 0 Å². The number of nitrogens with zero attached hydrogens (tertiary/aromatic N) is 1. The van der Waals surface area contributed by atoms with Gasteiger partial charge in [-0.05, 0) is 30.5 Å². The Morgan fingerprint density at radius 3 is 2.95 bits per heavy atom. The highest BCUT2D eigenvalue weighted by Crippen LogP contribution is 2.26. The smallest absolute Gasteiger partial charge is 0.253 e. The van der Waals surface area contributed by atoms with Gasteiger partial charge in [-0.1, -0.05) is 6.07 Å². The summed E-state index contributed by atoms with van der Waals surface area (Å²) < 4.78 is 0. The molecular weight excluding hydrogens is 254 g/mol. The topological polar surface area (TPSA) is 61.4 Å². The van der Waals surface area contributed by atoms with E-state index in [9.17, 15) is 9.59 Å². The van der Waals surface area contributed by atoms with Crippen LogP contribution in [0.4, 0.5) is 5.69 Å². The van der Waals surface area contributed by atoms with Crippen LogP contribution in [-0.2, 0) is 11.2 Å². The number of hydrogen-bond acceptors (Lipinski definition) is 3. The lowest BCUT2D eigenvalue weighted by molar-refractivity contribution is -0.120. The van der Waals surface area contributed by atoms with Crippen LogP contribution in [0, 0.1) is 0 Å². The summed E-state index contributed by atoms with van der Waals surface area (Å²) in [5, 5.41) is 5.88. The lowest BCUT2D eigenvalue weighted by Gasteiger charge is -2.23. The highest BCUT2D eigenvalue weighted by atomic mass is 16.2. The minimum atomic E-state index is -0.0543. The van der Waals surface area contributed by atoms with Gasteiger partial charge in [-0.2, -0.15) is 0 Å². The number of nitrogens with one attached hydrogen (secondary N) is 2. The van der Waals surface area contributed by atoms with Crippen molar-refractivity contribution in [3.8, 4) is 0 Å². The van der Waals surface area contributed by atoms with Gasteiger partial charge in [0.2, 0.25) is 5.91 Å². The summed E-state index contributed by atoms with van der Waals surface area (Å²) in [5.41, 5.74) is 2.89. The summed E-state index contributed by atoms with van der Waals surface area (Å²) >= 11 is 0. The van der Waals surface area contributed by atoms with Gasteiger partial charge in [-0.3, -0.25) is 9.59 Å². The molecule has 0 fully saturated rings. The van der Waals surface area contributed by atoms with Gasteiger partial charge in [0.1, 0.15) is 0 Å². The fraction of sp³-hybridized carbons (Fsp3) is 0.467. The molecule has 0 saturated carbocycles. The van der Waals surface area contributed by atoms with Crippen molar-refractivity contribution in [3.05, 3.63) is 29.3 Å². The molecule has 0 atom stereocenters. The molecule has 1 heterocycles. The summed E-state index contributed by atoms with van der Waals surface area (Å²) in [6.45, 7) is 1.38. The van der Waals surface area contributed by atoms with E-state index in [4.69, 9.17) is 0 Å². The minimum absolute atomic E-state index is 0.0190. The molecule has 2 N–H and O–H groups in total. The second-order valence-corrected chi connectivity index (χ2v) is 5.01. The van der Waals surface area contributed by atoms with Crippen LogP contribution in [0.3, 0.4) is 0 Å². The first-order valence-corrected chi connectivity index (χ1v) is 6.95. The van der Waals surface area contributed by atoms with E-state index >= 15 is 0 Å². The van der Waals surface area contributed by atoms with E-state index in [2.05, 4.69) is 10.6 Å². The van der Waals surface area contributed by atoms with Crippen LogP contribution in [0.2, 0.25) is 0 Å². The molecule has 0 saturated heterocycles. The molecule has 108 valence electrons. The second-order valence-electron chi connectivity index (χ2n) is 5.01. The molecule has 1 aliphatic rings. The minimum Gasteiger partial charge on any atom is -0.385 e. The standard InChI is InChI=1S/C15H21N3O2/c1-16-14(19)8-10-18(2)15(20)12-5-3-7-13-11(12)6-4-9-17-13/h3,5,7,17H,4,6,8-10H2,1-2H3,(H,16,19). The summed E-state index contributed by atoms with van der Waals surface area (Å²) in [6, 6.07) is 5.78. The number of hydrogen-bond donors (Lipinski definition) is 2. The van der Waals surface area contributed by atoms with Crippen LogP contribution < -0.4 is 10.6 Å². The van der Waals surface area contributed by atoms with Crippen molar-refractivity contribution in [2.75, 3.05) is 32.5 Å². The molecule has 0 spiro atoms. The predicted molar refractivity (Wildman–Crippen MR) is 78.9 cm³/mol. The lowest BCUT2D eigenvalue weighted by Crippen LogP contribution is -2.32. The summed E-state index contributed by atoms with van der Waals surface area (Å²) in [6.07, 6.45) is 2.29. The maximum absolute atomic E-state index is 12.5. The van der Waals surface area contributed by atoms with Crippen molar-refractivity contribution in [1.82, 2.24) is 10.2 Å². The largest absolute Gasteiger partial charge is 0.385 e. The zero-order valence-electron chi connectivity index (χ0n) is 12.0. The van der Waals surface area contributed by atoms with Crippen LogP contribution in [0.15, 0.2) is 18.2 Å². The summed E-state index contributed by atoms with van der Waals surface area (Å²) in [4.78, 5) is 25.3. The number of amides is 2. The third-order valence-corrected chi connectivity index (χ3v) is 3.63. The van der Waals surface area contributed by atoms with Crippen molar-refractivity contribution >= 4 is 17.5 Å². The molecular formula is C15H21N3O2. The number of fused-ring (bicyclic) bond motifs is 1. The molecule has 2 amide bonds. The monoisotopic (exact) mass is 275 g/mol. The third-order valence-electron chi connectivity index (χ3n) is 3.63. The van der Waals surface area contributed by atoms with Crippen LogP contribution >= 0.6 is 0 Å². The van der Waals surface area contributed by atoms with E-state index in [1.807, 2.05) is 18.2 Å². The Morgan fingerprint density at radius 2 is 2.20 bits per heavy atom. The normalized spacial score (nSPS) is 13.1. The Balaban J connectivity index is 2.11. The summed E-state index contributed by atoms with van der Waals surface area (Å²) in [5.74, 6) is -0.0733. The third kappa shape index (κ3) is 3.10. The molecule has 20 heavy (non-hydrogen) atoms. The number of benzene rings is 1.